The van der Waals surface area contributed by atoms with Gasteiger partial charge in [0.05, 0.1) is 0 Å². The Morgan fingerprint density at radius 1 is 1.30 bits per heavy atom. The number of hydrogen-bond acceptors (Lipinski definition) is 4. The molecule has 0 aromatic carbocycles. The van der Waals surface area contributed by atoms with Gasteiger partial charge in [-0.25, -0.2) is 0 Å². The van der Waals surface area contributed by atoms with Crippen LogP contribution in [-0.2, 0) is 18.3 Å². The number of likely N-dealkylation sites (tertiary alicyclic amines) is 1. The minimum Gasteiger partial charge on any atom is -0.353 e. The van der Waals surface area contributed by atoms with Crippen LogP contribution in [0.4, 0.5) is 0 Å². The summed E-state index contributed by atoms with van der Waals surface area (Å²) in [6.45, 7) is 2.28. The topological polar surface area (TPSA) is 50.2 Å². The van der Waals surface area contributed by atoms with Crippen LogP contribution < -0.4 is 5.32 Å². The Kier molecular flexibility index (Phi) is 6.00. The molecule has 6 heteroatoms. The molecule has 0 saturated carbocycles. The normalized spacial score (nSPS) is 21.4. The van der Waals surface area contributed by atoms with E-state index in [0.717, 1.165) is 44.1 Å². The lowest BCUT2D eigenvalue weighted by Crippen LogP contribution is -2.48. The lowest BCUT2D eigenvalue weighted by Gasteiger charge is -2.39. The lowest BCUT2D eigenvalue weighted by atomic mass is 10.0. The number of nitrogens with zero attached hydrogens (tertiary/aromatic N) is 3. The fourth-order valence-electron chi connectivity index (χ4n) is 3.65. The van der Waals surface area contributed by atoms with Gasteiger partial charge in [0.15, 0.2) is 0 Å². The van der Waals surface area contributed by atoms with Crippen molar-refractivity contribution in [1.82, 2.24) is 20.0 Å². The number of rotatable bonds is 5. The Morgan fingerprint density at radius 3 is 2.70 bits per heavy atom. The number of nitrogens with one attached hydrogen (secondary N) is 1. The standard InChI is InChI=1S/C17H28N4OS/c1-20-15(4-9-18-20)2-3-17(22)19-14-5-10-21(11-6-14)16-7-12-23-13-8-16/h4,9,14,16H,2-3,5-8,10-13H2,1H3,(H,19,22). The van der Waals surface area contributed by atoms with Crippen LogP contribution in [0.1, 0.15) is 37.8 Å². The van der Waals surface area contributed by atoms with Crippen molar-refractivity contribution >= 4 is 17.7 Å². The highest BCUT2D eigenvalue weighted by molar-refractivity contribution is 7.99. The number of thioether (sulfide) groups is 1. The smallest absolute Gasteiger partial charge is 0.220 e. The summed E-state index contributed by atoms with van der Waals surface area (Å²) >= 11 is 2.09. The van der Waals surface area contributed by atoms with Crippen LogP contribution in [0.25, 0.3) is 0 Å². The predicted molar refractivity (Wildman–Crippen MR) is 94.6 cm³/mol. The zero-order valence-corrected chi connectivity index (χ0v) is 14.9. The second kappa shape index (κ2) is 8.20. The minimum absolute atomic E-state index is 0.179. The quantitative estimate of drug-likeness (QED) is 0.891. The number of amides is 1. The number of piperidine rings is 1. The van der Waals surface area contributed by atoms with E-state index in [9.17, 15) is 4.79 Å². The van der Waals surface area contributed by atoms with E-state index in [4.69, 9.17) is 0 Å². The summed E-state index contributed by atoms with van der Waals surface area (Å²) in [5, 5.41) is 7.37. The molecule has 0 radical (unpaired) electrons. The summed E-state index contributed by atoms with van der Waals surface area (Å²) < 4.78 is 1.84. The molecule has 2 aliphatic heterocycles. The van der Waals surface area contributed by atoms with Crippen LogP contribution in [-0.4, -0.2) is 57.3 Å². The Bertz CT molecular complexity index is 504. The SMILES string of the molecule is Cn1nccc1CCC(=O)NC1CCN(C2CCSCC2)CC1. The molecule has 128 valence electrons. The molecular weight excluding hydrogens is 308 g/mol. The van der Waals surface area contributed by atoms with Crippen molar-refractivity contribution in [3.05, 3.63) is 18.0 Å². The van der Waals surface area contributed by atoms with E-state index >= 15 is 0 Å². The van der Waals surface area contributed by atoms with Gasteiger partial charge in [0, 0.05) is 50.5 Å². The molecule has 0 unspecified atom stereocenters. The van der Waals surface area contributed by atoms with Crippen LogP contribution in [0.3, 0.4) is 0 Å². The highest BCUT2D eigenvalue weighted by Crippen LogP contribution is 2.24. The van der Waals surface area contributed by atoms with E-state index in [1.54, 1.807) is 6.20 Å². The largest absolute Gasteiger partial charge is 0.353 e. The summed E-state index contributed by atoms with van der Waals surface area (Å²) in [5.41, 5.74) is 1.12. The van der Waals surface area contributed by atoms with Crippen molar-refractivity contribution < 1.29 is 4.79 Å². The second-order valence-corrected chi connectivity index (χ2v) is 7.89. The van der Waals surface area contributed by atoms with Crippen molar-refractivity contribution in [3.63, 3.8) is 0 Å². The molecule has 1 N–H and O–H groups in total. The van der Waals surface area contributed by atoms with E-state index in [1.165, 1.54) is 24.3 Å². The monoisotopic (exact) mass is 336 g/mol. The molecule has 3 heterocycles. The number of aromatic nitrogens is 2. The molecular formula is C17H28N4OS. The molecule has 2 saturated heterocycles. The number of aryl methyl sites for hydroxylation is 2. The minimum atomic E-state index is 0.179. The lowest BCUT2D eigenvalue weighted by molar-refractivity contribution is -0.122. The number of hydrogen-bond donors (Lipinski definition) is 1. The van der Waals surface area contributed by atoms with Crippen LogP contribution in [0.5, 0.6) is 0 Å². The zero-order valence-electron chi connectivity index (χ0n) is 14.0. The highest BCUT2D eigenvalue weighted by Gasteiger charge is 2.26. The molecule has 0 aliphatic carbocycles. The van der Waals surface area contributed by atoms with Crippen LogP contribution in [0.2, 0.25) is 0 Å². The maximum Gasteiger partial charge on any atom is 0.220 e. The van der Waals surface area contributed by atoms with Gasteiger partial charge in [0.2, 0.25) is 5.91 Å². The first-order valence-corrected chi connectivity index (χ1v) is 9.96. The molecule has 0 atom stereocenters. The predicted octanol–water partition coefficient (Wildman–Crippen LogP) is 1.83. The van der Waals surface area contributed by atoms with Gasteiger partial charge in [-0.15, -0.1) is 0 Å². The molecule has 2 fully saturated rings. The van der Waals surface area contributed by atoms with E-state index in [2.05, 4.69) is 27.1 Å². The van der Waals surface area contributed by atoms with Gasteiger partial charge in [-0.1, -0.05) is 0 Å². The van der Waals surface area contributed by atoms with Crippen LogP contribution in [0.15, 0.2) is 12.3 Å². The summed E-state index contributed by atoms with van der Waals surface area (Å²) in [4.78, 5) is 14.8. The molecule has 5 nitrogen and oxygen atoms in total. The van der Waals surface area contributed by atoms with Crippen LogP contribution in [0, 0.1) is 0 Å². The maximum absolute atomic E-state index is 12.1. The average Bonchev–Trinajstić information content (AvgIpc) is 3.00. The average molecular weight is 337 g/mol. The first-order chi connectivity index (χ1) is 11.2. The maximum atomic E-state index is 12.1. The first kappa shape index (κ1) is 16.8. The van der Waals surface area contributed by atoms with E-state index in [-0.39, 0.29) is 5.91 Å². The van der Waals surface area contributed by atoms with Gasteiger partial charge in [0.25, 0.3) is 0 Å². The molecule has 2 aliphatic rings. The third-order valence-corrected chi connectivity index (χ3v) is 6.18. The summed E-state index contributed by atoms with van der Waals surface area (Å²) in [6.07, 6.45) is 7.98. The first-order valence-electron chi connectivity index (χ1n) is 8.80. The van der Waals surface area contributed by atoms with Gasteiger partial charge in [0.1, 0.15) is 0 Å². The summed E-state index contributed by atoms with van der Waals surface area (Å²) in [7, 11) is 1.92. The molecule has 23 heavy (non-hydrogen) atoms. The molecule has 1 amide bonds. The van der Waals surface area contributed by atoms with Gasteiger partial charge in [-0.2, -0.15) is 16.9 Å². The third kappa shape index (κ3) is 4.73. The summed E-state index contributed by atoms with van der Waals surface area (Å²) in [5.74, 6) is 2.81. The summed E-state index contributed by atoms with van der Waals surface area (Å²) in [6, 6.07) is 3.13. The number of carbonyl (C=O) groups excluding carboxylic acids is 1. The molecule has 1 aromatic heterocycles. The van der Waals surface area contributed by atoms with Crippen molar-refractivity contribution in [3.8, 4) is 0 Å². The van der Waals surface area contributed by atoms with Gasteiger partial charge in [-0.05, 0) is 49.7 Å². The molecule has 0 bridgehead atoms. The highest BCUT2D eigenvalue weighted by atomic mass is 32.2. The zero-order chi connectivity index (χ0) is 16.1. The molecule has 0 spiro atoms. The number of carbonyl (C=O) groups is 1. The molecule has 3 rings (SSSR count). The third-order valence-electron chi connectivity index (χ3n) is 5.13. The van der Waals surface area contributed by atoms with E-state index in [1.807, 2.05) is 17.8 Å². The van der Waals surface area contributed by atoms with E-state index in [0.29, 0.717) is 12.5 Å². The van der Waals surface area contributed by atoms with Gasteiger partial charge in [-0.3, -0.25) is 9.48 Å². The fourth-order valence-corrected chi connectivity index (χ4v) is 4.73. The van der Waals surface area contributed by atoms with Gasteiger partial charge >= 0.3 is 0 Å². The van der Waals surface area contributed by atoms with E-state index < -0.39 is 0 Å². The second-order valence-electron chi connectivity index (χ2n) is 6.67. The van der Waals surface area contributed by atoms with Crippen molar-refractivity contribution in [2.75, 3.05) is 24.6 Å². The molecule has 1 aromatic rings. The van der Waals surface area contributed by atoms with Gasteiger partial charge < -0.3 is 10.2 Å². The van der Waals surface area contributed by atoms with Crippen LogP contribution >= 0.6 is 11.8 Å². The van der Waals surface area contributed by atoms with Crippen molar-refractivity contribution in [1.29, 1.82) is 0 Å². The Balaban J connectivity index is 1.36. The Labute approximate surface area is 143 Å². The Morgan fingerprint density at radius 2 is 2.04 bits per heavy atom. The Hall–Kier alpha value is -1.01. The fraction of sp³-hybridized carbons (Fsp3) is 0.765. The van der Waals surface area contributed by atoms with Crippen molar-refractivity contribution in [2.45, 2.75) is 50.6 Å². The van der Waals surface area contributed by atoms with Crippen molar-refractivity contribution in [2.24, 2.45) is 7.05 Å².